The van der Waals surface area contributed by atoms with Crippen molar-refractivity contribution in [2.75, 3.05) is 32.7 Å². The number of quaternary nitrogens is 1. The Bertz CT molecular complexity index is 1370. The average Bonchev–Trinajstić information content (AvgIpc) is 3.43. The summed E-state index contributed by atoms with van der Waals surface area (Å²) in [4.78, 5) is 35.4. The number of hydrogen-bond donors (Lipinski definition) is 2. The van der Waals surface area contributed by atoms with Crippen molar-refractivity contribution >= 4 is 40.8 Å². The highest BCUT2D eigenvalue weighted by Gasteiger charge is 2.50. The van der Waals surface area contributed by atoms with E-state index in [0.29, 0.717) is 34.1 Å². The standard InChI is InChI=1S/C28H29ClN2O4S.C2HF3O2/c29-23-13-18-36-25(23)26(32)30-14-17-31-15-11-20(12-16-31)24(19-31)35-27(33)28(34,21-7-3-1-4-8-21)22-9-5-2-6-10-22;3-2(4,5)1(6)7/h1-10,13,18,20,24,34H,11-12,14-17,19H2;(H,6,7)/t20?,24-,31?;/m0./s1. The number of aliphatic hydroxyl groups is 1. The van der Waals surface area contributed by atoms with Crippen LogP contribution in [-0.2, 0) is 19.9 Å². The van der Waals surface area contributed by atoms with Gasteiger partial charge in [0.2, 0.25) is 5.60 Å². The Labute approximate surface area is 255 Å². The summed E-state index contributed by atoms with van der Waals surface area (Å²) in [5.41, 5.74) is -0.907. The molecule has 6 rings (SSSR count). The van der Waals surface area contributed by atoms with Crippen LogP contribution in [0.2, 0.25) is 5.02 Å². The molecule has 0 saturated carbocycles. The summed E-state index contributed by atoms with van der Waals surface area (Å²) >= 11 is 7.42. The number of benzene rings is 2. The molecule has 43 heavy (non-hydrogen) atoms. The smallest absolute Gasteiger partial charge is 0.430 e. The minimum absolute atomic E-state index is 0.154. The summed E-state index contributed by atoms with van der Waals surface area (Å²) < 4.78 is 38.5. The van der Waals surface area contributed by atoms with Gasteiger partial charge in [0.1, 0.15) is 17.4 Å². The number of aliphatic carboxylic acids is 1. The number of ether oxygens (including phenoxy) is 1. The van der Waals surface area contributed by atoms with Crippen molar-refractivity contribution < 1.29 is 47.0 Å². The lowest BCUT2D eigenvalue weighted by molar-refractivity contribution is -0.945. The topological polar surface area (TPSA) is 116 Å². The van der Waals surface area contributed by atoms with Crippen LogP contribution in [0.25, 0.3) is 0 Å². The van der Waals surface area contributed by atoms with Gasteiger partial charge in [-0.3, -0.25) is 4.79 Å². The predicted octanol–water partition coefficient (Wildman–Crippen LogP) is 3.52. The van der Waals surface area contributed by atoms with Crippen LogP contribution in [0.4, 0.5) is 13.2 Å². The number of nitrogens with zero attached hydrogens (tertiary/aromatic N) is 1. The van der Waals surface area contributed by atoms with Gasteiger partial charge in [0, 0.05) is 18.8 Å². The molecule has 230 valence electrons. The Morgan fingerprint density at radius 3 is 2.00 bits per heavy atom. The number of carbonyl (C=O) groups is 3. The summed E-state index contributed by atoms with van der Waals surface area (Å²) in [6, 6.07) is 19.7. The molecule has 3 aliphatic rings. The minimum Gasteiger partial charge on any atom is -0.542 e. The molecule has 8 nitrogen and oxygen atoms in total. The Balaban J connectivity index is 0.000000541. The lowest BCUT2D eigenvalue weighted by Crippen LogP contribution is -2.66. The lowest BCUT2D eigenvalue weighted by atomic mass is 9.82. The Morgan fingerprint density at radius 2 is 1.53 bits per heavy atom. The largest absolute Gasteiger partial charge is 0.542 e. The predicted molar refractivity (Wildman–Crippen MR) is 151 cm³/mol. The zero-order valence-corrected chi connectivity index (χ0v) is 24.5. The number of carboxylic acids is 1. The number of carboxylic acid groups (broad SMARTS) is 1. The molecule has 0 spiro atoms. The number of esters is 1. The molecule has 3 saturated heterocycles. The number of carbonyl (C=O) groups excluding carboxylic acids is 3. The molecule has 3 aromatic rings. The second-order valence-corrected chi connectivity index (χ2v) is 11.9. The Hall–Kier alpha value is -3.45. The second kappa shape index (κ2) is 13.5. The molecule has 2 bridgehead atoms. The molecular formula is C30H30ClF3N2O6S. The molecule has 0 unspecified atom stereocenters. The number of thiophene rings is 1. The van der Waals surface area contributed by atoms with E-state index in [1.165, 1.54) is 11.3 Å². The van der Waals surface area contributed by atoms with Gasteiger partial charge in [0.25, 0.3) is 5.91 Å². The molecule has 2 N–H and O–H groups in total. The number of fused-ring (bicyclic) bond motifs is 3. The quantitative estimate of drug-likeness (QED) is 0.288. The van der Waals surface area contributed by atoms with Gasteiger partial charge < -0.3 is 29.5 Å². The van der Waals surface area contributed by atoms with E-state index in [2.05, 4.69) is 5.32 Å². The molecule has 13 heteroatoms. The third kappa shape index (κ3) is 7.56. The van der Waals surface area contributed by atoms with E-state index >= 15 is 0 Å². The molecule has 1 amide bonds. The summed E-state index contributed by atoms with van der Waals surface area (Å²) in [7, 11) is 0. The number of amides is 1. The summed E-state index contributed by atoms with van der Waals surface area (Å²) in [5, 5.41) is 25.8. The fourth-order valence-electron chi connectivity index (χ4n) is 5.60. The van der Waals surface area contributed by atoms with E-state index in [-0.39, 0.29) is 17.9 Å². The van der Waals surface area contributed by atoms with Crippen molar-refractivity contribution in [2.24, 2.45) is 5.92 Å². The minimum atomic E-state index is -5.19. The van der Waals surface area contributed by atoms with Gasteiger partial charge in [0.15, 0.2) is 6.10 Å². The van der Waals surface area contributed by atoms with Gasteiger partial charge in [-0.15, -0.1) is 11.3 Å². The van der Waals surface area contributed by atoms with Crippen LogP contribution >= 0.6 is 22.9 Å². The highest BCUT2D eigenvalue weighted by atomic mass is 35.5. The van der Waals surface area contributed by atoms with Crippen LogP contribution in [-0.4, -0.2) is 72.4 Å². The van der Waals surface area contributed by atoms with Gasteiger partial charge in [-0.2, -0.15) is 13.2 Å². The maximum atomic E-state index is 13.6. The van der Waals surface area contributed by atoms with Gasteiger partial charge >= 0.3 is 12.1 Å². The van der Waals surface area contributed by atoms with Crippen molar-refractivity contribution in [1.29, 1.82) is 0 Å². The fraction of sp³-hybridized carbons (Fsp3) is 0.367. The molecule has 1 aromatic heterocycles. The number of nitrogens with one attached hydrogen (secondary N) is 1. The first-order valence-corrected chi connectivity index (χ1v) is 14.8. The Morgan fingerprint density at radius 1 is 1.00 bits per heavy atom. The van der Waals surface area contributed by atoms with Crippen molar-refractivity contribution in [1.82, 2.24) is 5.32 Å². The van der Waals surface area contributed by atoms with Crippen molar-refractivity contribution in [3.05, 3.63) is 93.1 Å². The monoisotopic (exact) mass is 638 g/mol. The maximum Gasteiger partial charge on any atom is 0.430 e. The van der Waals surface area contributed by atoms with Crippen molar-refractivity contribution in [3.8, 4) is 0 Å². The van der Waals surface area contributed by atoms with Crippen molar-refractivity contribution in [2.45, 2.75) is 30.7 Å². The zero-order valence-electron chi connectivity index (χ0n) is 22.9. The highest BCUT2D eigenvalue weighted by molar-refractivity contribution is 7.12. The maximum absolute atomic E-state index is 13.6. The molecule has 0 aliphatic carbocycles. The van der Waals surface area contributed by atoms with Gasteiger partial charge in [-0.1, -0.05) is 72.3 Å². The van der Waals surface area contributed by atoms with E-state index in [0.717, 1.165) is 37.0 Å². The van der Waals surface area contributed by atoms with Crippen LogP contribution in [0.3, 0.4) is 0 Å². The van der Waals surface area contributed by atoms with Crippen LogP contribution in [0.5, 0.6) is 0 Å². The molecule has 3 aliphatic heterocycles. The van der Waals surface area contributed by atoms with Gasteiger partial charge in [-0.25, -0.2) is 4.79 Å². The molecule has 1 atom stereocenters. The van der Waals surface area contributed by atoms with Crippen molar-refractivity contribution in [3.63, 3.8) is 0 Å². The molecular weight excluding hydrogens is 609 g/mol. The van der Waals surface area contributed by atoms with Crippen LogP contribution in [0, 0.1) is 5.92 Å². The van der Waals surface area contributed by atoms with E-state index in [1.54, 1.807) is 35.7 Å². The van der Waals surface area contributed by atoms with E-state index in [9.17, 15) is 27.9 Å². The molecule has 4 heterocycles. The molecule has 2 aromatic carbocycles. The normalized spacial score (nSPS) is 21.3. The molecule has 3 fully saturated rings. The second-order valence-electron chi connectivity index (χ2n) is 10.6. The van der Waals surface area contributed by atoms with E-state index in [4.69, 9.17) is 26.2 Å². The summed E-state index contributed by atoms with van der Waals surface area (Å²) in [6.45, 7) is 3.96. The van der Waals surface area contributed by atoms with E-state index in [1.807, 2.05) is 36.4 Å². The number of piperidine rings is 3. The first-order chi connectivity index (χ1) is 20.4. The lowest BCUT2D eigenvalue weighted by Gasteiger charge is -2.52. The first kappa shape index (κ1) is 32.5. The number of hydrogen-bond acceptors (Lipinski definition) is 7. The SMILES string of the molecule is O=C(NCC[N+]12CCC(CC1)[C@@H](OC(=O)C(O)(c1ccccc1)c1ccccc1)C2)c1sccc1Cl.O=C([O-])C(F)(F)F. The van der Waals surface area contributed by atoms with Gasteiger partial charge in [-0.05, 0) is 22.6 Å². The summed E-state index contributed by atoms with van der Waals surface area (Å²) in [6.07, 6.45) is -3.56. The number of halogens is 4. The third-order valence-electron chi connectivity index (χ3n) is 7.91. The first-order valence-electron chi connectivity index (χ1n) is 13.5. The van der Waals surface area contributed by atoms with E-state index < -0.39 is 23.7 Å². The van der Waals surface area contributed by atoms with Crippen LogP contribution in [0.15, 0.2) is 72.1 Å². The molecule has 0 radical (unpaired) electrons. The van der Waals surface area contributed by atoms with Crippen LogP contribution < -0.4 is 10.4 Å². The highest BCUT2D eigenvalue weighted by Crippen LogP contribution is 2.38. The number of rotatable bonds is 8. The van der Waals surface area contributed by atoms with Gasteiger partial charge in [0.05, 0.1) is 31.2 Å². The number of alkyl halides is 3. The average molecular weight is 639 g/mol. The zero-order chi connectivity index (χ0) is 31.3. The summed E-state index contributed by atoms with van der Waals surface area (Å²) in [5.74, 6) is -3.52. The third-order valence-corrected chi connectivity index (χ3v) is 9.25. The van der Waals surface area contributed by atoms with Crippen LogP contribution in [0.1, 0.15) is 33.6 Å². The Kier molecular flexibility index (Phi) is 10.2. The fourth-order valence-corrected chi connectivity index (χ4v) is 6.65.